The highest BCUT2D eigenvalue weighted by molar-refractivity contribution is 5.92. The Bertz CT molecular complexity index is 1150. The van der Waals surface area contributed by atoms with E-state index in [-0.39, 0.29) is 18.8 Å². The molecule has 3 heterocycles. The Kier molecular flexibility index (Phi) is 5.02. The molecule has 1 unspecified atom stereocenters. The third-order valence-electron chi connectivity index (χ3n) is 4.78. The Morgan fingerprint density at radius 1 is 1.21 bits per heavy atom. The largest absolute Gasteiger partial charge is 0.491 e. The van der Waals surface area contributed by atoms with Gasteiger partial charge in [-0.15, -0.1) is 0 Å². The van der Waals surface area contributed by atoms with Crippen molar-refractivity contribution in [3.63, 3.8) is 0 Å². The third kappa shape index (κ3) is 3.58. The number of aliphatic hydroxyl groups is 1. The second-order valence-electron chi connectivity index (χ2n) is 7.33. The molecule has 0 aliphatic rings. The van der Waals surface area contributed by atoms with E-state index in [0.717, 1.165) is 33.6 Å². The van der Waals surface area contributed by atoms with Crippen LogP contribution in [0.5, 0.6) is 5.75 Å². The number of hydrogen-bond donors (Lipinski definition) is 2. The number of nitrogens with zero attached hydrogens (tertiary/aromatic N) is 5. The van der Waals surface area contributed by atoms with Gasteiger partial charge in [0.25, 0.3) is 0 Å². The normalized spacial score (nSPS) is 12.6. The van der Waals surface area contributed by atoms with Crippen LogP contribution in [-0.2, 0) is 0 Å². The van der Waals surface area contributed by atoms with Crippen molar-refractivity contribution < 1.29 is 9.84 Å². The molecule has 8 heteroatoms. The number of benzene rings is 1. The van der Waals surface area contributed by atoms with Gasteiger partial charge < -0.3 is 9.84 Å². The predicted octanol–water partition coefficient (Wildman–Crippen LogP) is 3.53. The molecular formula is C21H24N6O2. The van der Waals surface area contributed by atoms with E-state index < -0.39 is 0 Å². The zero-order valence-corrected chi connectivity index (χ0v) is 16.9. The molecule has 0 aliphatic carbocycles. The fourth-order valence-corrected chi connectivity index (χ4v) is 3.33. The van der Waals surface area contributed by atoms with E-state index in [0.29, 0.717) is 11.5 Å². The SMILES string of the molecule is Cc1c(-c2ccnc(-c3n[nH]c4ccc(OC(C)C)cc34)n2)cnn1C(C)CO. The number of aliphatic hydroxyl groups excluding tert-OH is 1. The molecule has 0 bridgehead atoms. The molecular weight excluding hydrogens is 368 g/mol. The van der Waals surface area contributed by atoms with Crippen molar-refractivity contribution in [2.45, 2.75) is 39.8 Å². The van der Waals surface area contributed by atoms with Gasteiger partial charge in [-0.1, -0.05) is 0 Å². The zero-order valence-electron chi connectivity index (χ0n) is 16.9. The van der Waals surface area contributed by atoms with Crippen LogP contribution in [0, 0.1) is 6.92 Å². The Morgan fingerprint density at radius 2 is 2.03 bits per heavy atom. The van der Waals surface area contributed by atoms with Crippen molar-refractivity contribution in [2.24, 2.45) is 0 Å². The summed E-state index contributed by atoms with van der Waals surface area (Å²) < 4.78 is 7.62. The van der Waals surface area contributed by atoms with Gasteiger partial charge in [-0.2, -0.15) is 10.2 Å². The number of H-pyrrole nitrogens is 1. The minimum Gasteiger partial charge on any atom is -0.491 e. The summed E-state index contributed by atoms with van der Waals surface area (Å²) in [6.07, 6.45) is 3.58. The van der Waals surface area contributed by atoms with Crippen molar-refractivity contribution in [1.29, 1.82) is 0 Å². The van der Waals surface area contributed by atoms with E-state index in [9.17, 15) is 5.11 Å². The fourth-order valence-electron chi connectivity index (χ4n) is 3.33. The maximum atomic E-state index is 9.43. The van der Waals surface area contributed by atoms with E-state index in [4.69, 9.17) is 9.72 Å². The monoisotopic (exact) mass is 392 g/mol. The molecule has 0 saturated heterocycles. The molecule has 4 aromatic rings. The van der Waals surface area contributed by atoms with Crippen LogP contribution in [0.2, 0.25) is 0 Å². The molecule has 0 aliphatic heterocycles. The summed E-state index contributed by atoms with van der Waals surface area (Å²) in [7, 11) is 0. The molecule has 150 valence electrons. The van der Waals surface area contributed by atoms with Gasteiger partial charge >= 0.3 is 0 Å². The maximum Gasteiger partial charge on any atom is 0.181 e. The van der Waals surface area contributed by atoms with E-state index in [1.54, 1.807) is 17.1 Å². The van der Waals surface area contributed by atoms with Crippen molar-refractivity contribution in [1.82, 2.24) is 29.9 Å². The van der Waals surface area contributed by atoms with Crippen LogP contribution in [0.25, 0.3) is 33.7 Å². The minimum atomic E-state index is -0.0975. The van der Waals surface area contributed by atoms with Crippen LogP contribution in [0.15, 0.2) is 36.7 Å². The third-order valence-corrected chi connectivity index (χ3v) is 4.78. The number of ether oxygens (including phenoxy) is 1. The lowest BCUT2D eigenvalue weighted by molar-refractivity contribution is 0.228. The summed E-state index contributed by atoms with van der Waals surface area (Å²) in [5.74, 6) is 1.30. The highest BCUT2D eigenvalue weighted by Gasteiger charge is 2.17. The van der Waals surface area contributed by atoms with Crippen molar-refractivity contribution >= 4 is 10.9 Å². The van der Waals surface area contributed by atoms with Crippen molar-refractivity contribution in [3.05, 3.63) is 42.4 Å². The van der Waals surface area contributed by atoms with Crippen LogP contribution >= 0.6 is 0 Å². The molecule has 1 aromatic carbocycles. The van der Waals surface area contributed by atoms with Gasteiger partial charge in [0.1, 0.15) is 11.4 Å². The molecule has 0 spiro atoms. The molecule has 8 nitrogen and oxygen atoms in total. The standard InChI is InChI=1S/C21H24N6O2/c1-12(2)29-15-5-6-19-16(9-15)20(26-25-19)21-22-8-7-18(24-21)17-10-23-27(14(17)4)13(3)11-28/h5-10,12-13,28H,11H2,1-4H3,(H,25,26). The lowest BCUT2D eigenvalue weighted by atomic mass is 10.1. The first kappa shape index (κ1) is 19.1. The molecule has 0 amide bonds. The number of nitrogens with one attached hydrogen (secondary N) is 1. The molecule has 3 aromatic heterocycles. The quantitative estimate of drug-likeness (QED) is 0.520. The molecule has 0 fully saturated rings. The van der Waals surface area contributed by atoms with Crippen molar-refractivity contribution in [2.75, 3.05) is 6.61 Å². The maximum absolute atomic E-state index is 9.43. The average molecular weight is 392 g/mol. The highest BCUT2D eigenvalue weighted by Crippen LogP contribution is 2.30. The first-order valence-corrected chi connectivity index (χ1v) is 9.61. The number of hydrogen-bond acceptors (Lipinski definition) is 6. The topological polar surface area (TPSA) is 102 Å². The second kappa shape index (κ2) is 7.63. The summed E-state index contributed by atoms with van der Waals surface area (Å²) in [5, 5.41) is 22.2. The highest BCUT2D eigenvalue weighted by atomic mass is 16.5. The summed E-state index contributed by atoms with van der Waals surface area (Å²) in [5.41, 5.74) is 4.17. The lowest BCUT2D eigenvalue weighted by Crippen LogP contribution is -2.12. The fraction of sp³-hybridized carbons (Fsp3) is 0.333. The summed E-state index contributed by atoms with van der Waals surface area (Å²) >= 11 is 0. The Hall–Kier alpha value is -3.26. The number of fused-ring (bicyclic) bond motifs is 1. The van der Waals surface area contributed by atoms with Gasteiger partial charge in [0, 0.05) is 22.8 Å². The number of aromatic nitrogens is 6. The zero-order chi connectivity index (χ0) is 20.5. The molecule has 0 radical (unpaired) electrons. The number of aromatic amines is 1. The summed E-state index contributed by atoms with van der Waals surface area (Å²) in [6, 6.07) is 7.57. The van der Waals surface area contributed by atoms with Crippen molar-refractivity contribution in [3.8, 4) is 28.5 Å². The Balaban J connectivity index is 1.76. The summed E-state index contributed by atoms with van der Waals surface area (Å²) in [6.45, 7) is 7.90. The second-order valence-corrected chi connectivity index (χ2v) is 7.33. The first-order valence-electron chi connectivity index (χ1n) is 9.61. The average Bonchev–Trinajstić information content (AvgIpc) is 3.30. The smallest absolute Gasteiger partial charge is 0.181 e. The predicted molar refractivity (Wildman–Crippen MR) is 111 cm³/mol. The van der Waals surface area contributed by atoms with Crippen LogP contribution in [0.3, 0.4) is 0 Å². The molecule has 29 heavy (non-hydrogen) atoms. The van der Waals surface area contributed by atoms with Gasteiger partial charge in [0.05, 0.1) is 36.2 Å². The number of rotatable bonds is 6. The first-order chi connectivity index (χ1) is 14.0. The van der Waals surface area contributed by atoms with Gasteiger partial charge in [-0.25, -0.2) is 9.97 Å². The van der Waals surface area contributed by atoms with E-state index in [1.807, 2.05) is 52.0 Å². The molecule has 1 atom stereocenters. The summed E-state index contributed by atoms with van der Waals surface area (Å²) in [4.78, 5) is 9.17. The van der Waals surface area contributed by atoms with Gasteiger partial charge in [-0.05, 0) is 52.0 Å². The van der Waals surface area contributed by atoms with E-state index in [1.165, 1.54) is 0 Å². The molecule has 4 rings (SSSR count). The lowest BCUT2D eigenvalue weighted by Gasteiger charge is -2.11. The van der Waals surface area contributed by atoms with Crippen LogP contribution in [0.4, 0.5) is 0 Å². The Morgan fingerprint density at radius 3 is 2.79 bits per heavy atom. The Labute approximate surface area is 168 Å². The molecule has 0 saturated carbocycles. The van der Waals surface area contributed by atoms with Gasteiger partial charge in [0.15, 0.2) is 5.82 Å². The van der Waals surface area contributed by atoms with Crippen LogP contribution < -0.4 is 4.74 Å². The van der Waals surface area contributed by atoms with Gasteiger partial charge in [0.2, 0.25) is 0 Å². The van der Waals surface area contributed by atoms with Crippen LogP contribution in [-0.4, -0.2) is 47.8 Å². The van der Waals surface area contributed by atoms with Gasteiger partial charge in [-0.3, -0.25) is 9.78 Å². The minimum absolute atomic E-state index is 0.0248. The van der Waals surface area contributed by atoms with E-state index in [2.05, 4.69) is 20.3 Å². The van der Waals surface area contributed by atoms with E-state index >= 15 is 0 Å². The molecule has 2 N–H and O–H groups in total. The van der Waals surface area contributed by atoms with Crippen LogP contribution in [0.1, 0.15) is 32.5 Å².